The molecule has 2 aromatic carbocycles. The van der Waals surface area contributed by atoms with Crippen LogP contribution in [-0.4, -0.2) is 40.8 Å². The van der Waals surface area contributed by atoms with Gasteiger partial charge in [0.2, 0.25) is 5.75 Å². The van der Waals surface area contributed by atoms with Crippen molar-refractivity contribution in [1.82, 2.24) is 5.43 Å². The molecule has 0 aliphatic carbocycles. The molecule has 0 fully saturated rings. The first-order chi connectivity index (χ1) is 13.7. The Bertz CT molecular complexity index is 995. The predicted octanol–water partition coefficient (Wildman–Crippen LogP) is 2.51. The first-order valence-electron chi connectivity index (χ1n) is 7.67. The number of carbonyl (C=O) groups is 1. The fraction of sp³-hybridized carbons (Fsp3) is 0.125. The van der Waals surface area contributed by atoms with Gasteiger partial charge in [-0.1, -0.05) is 0 Å². The van der Waals surface area contributed by atoms with E-state index >= 15 is 0 Å². The number of rotatable bonds is 8. The van der Waals surface area contributed by atoms with Gasteiger partial charge in [-0.2, -0.15) is 5.10 Å². The quantitative estimate of drug-likeness (QED) is 0.338. The first kappa shape index (κ1) is 21.6. The fourth-order valence-corrected chi connectivity index (χ4v) is 2.52. The van der Waals surface area contributed by atoms with Gasteiger partial charge >= 0.3 is 5.69 Å². The smallest absolute Gasteiger partial charge is 0.318 e. The second kappa shape index (κ2) is 9.45. The number of hydrazone groups is 1. The van der Waals surface area contributed by atoms with Crippen LogP contribution in [0.25, 0.3) is 0 Å². The summed E-state index contributed by atoms with van der Waals surface area (Å²) in [6.07, 6.45) is 0.844. The number of halogens is 1. The molecule has 2 aromatic rings. The molecule has 12 nitrogen and oxygen atoms in total. The summed E-state index contributed by atoms with van der Waals surface area (Å²) in [4.78, 5) is 31.7. The van der Waals surface area contributed by atoms with E-state index in [2.05, 4.69) is 26.5 Å². The molecule has 0 radical (unpaired) electrons. The minimum Gasteiger partial charge on any atom is -0.502 e. The van der Waals surface area contributed by atoms with E-state index in [1.54, 1.807) is 18.2 Å². The molecule has 0 aliphatic heterocycles. The van der Waals surface area contributed by atoms with Crippen LogP contribution in [0.3, 0.4) is 0 Å². The summed E-state index contributed by atoms with van der Waals surface area (Å²) in [7, 11) is 1.50. The lowest BCUT2D eigenvalue weighted by molar-refractivity contribution is -0.394. The topological polar surface area (TPSA) is 166 Å². The van der Waals surface area contributed by atoms with Crippen LogP contribution >= 0.6 is 15.9 Å². The van der Waals surface area contributed by atoms with Gasteiger partial charge in [-0.15, -0.1) is 0 Å². The Labute approximate surface area is 171 Å². The van der Waals surface area contributed by atoms with Crippen LogP contribution in [0.15, 0.2) is 39.9 Å². The normalized spacial score (nSPS) is 10.6. The van der Waals surface area contributed by atoms with Crippen LogP contribution < -0.4 is 14.9 Å². The number of hydrogen-bond donors (Lipinski definition) is 2. The Morgan fingerprint density at radius 3 is 2.59 bits per heavy atom. The van der Waals surface area contributed by atoms with E-state index < -0.39 is 39.5 Å². The number of aromatic hydroxyl groups is 1. The zero-order valence-corrected chi connectivity index (χ0v) is 16.3. The van der Waals surface area contributed by atoms with E-state index in [0.717, 1.165) is 12.3 Å². The van der Waals surface area contributed by atoms with Crippen molar-refractivity contribution < 1.29 is 29.2 Å². The molecule has 0 heterocycles. The third-order valence-corrected chi connectivity index (χ3v) is 4.02. The molecule has 152 valence electrons. The number of ether oxygens (including phenoxy) is 2. The maximum atomic E-state index is 11.8. The number of amides is 1. The number of benzene rings is 2. The van der Waals surface area contributed by atoms with Crippen molar-refractivity contribution in [2.24, 2.45) is 5.10 Å². The number of non-ortho nitro benzene ring substituents is 1. The second-order valence-electron chi connectivity index (χ2n) is 5.30. The molecule has 0 unspecified atom stereocenters. The number of phenolic OH excluding ortho intramolecular Hbond substituents is 1. The Hall–Kier alpha value is -3.74. The van der Waals surface area contributed by atoms with Gasteiger partial charge in [-0.25, -0.2) is 5.43 Å². The van der Waals surface area contributed by atoms with Crippen molar-refractivity contribution in [2.75, 3.05) is 13.7 Å². The van der Waals surface area contributed by atoms with E-state index in [9.17, 15) is 30.1 Å². The van der Waals surface area contributed by atoms with Gasteiger partial charge in [0.1, 0.15) is 11.5 Å². The third-order valence-electron chi connectivity index (χ3n) is 3.40. The Balaban J connectivity index is 2.04. The summed E-state index contributed by atoms with van der Waals surface area (Å²) in [6.45, 7) is -0.413. The summed E-state index contributed by atoms with van der Waals surface area (Å²) in [5.74, 6) is -0.540. The number of phenols is 1. The number of carbonyl (C=O) groups excluding carboxylic acids is 1. The first-order valence-corrected chi connectivity index (χ1v) is 8.46. The summed E-state index contributed by atoms with van der Waals surface area (Å²) in [6, 6.07) is 6.35. The Kier molecular flexibility index (Phi) is 7.03. The zero-order valence-electron chi connectivity index (χ0n) is 14.7. The average Bonchev–Trinajstić information content (AvgIpc) is 2.67. The predicted molar refractivity (Wildman–Crippen MR) is 103 cm³/mol. The van der Waals surface area contributed by atoms with Gasteiger partial charge in [-0.3, -0.25) is 25.0 Å². The summed E-state index contributed by atoms with van der Waals surface area (Å²) < 4.78 is 10.9. The van der Waals surface area contributed by atoms with E-state index in [1.165, 1.54) is 7.11 Å². The summed E-state index contributed by atoms with van der Waals surface area (Å²) in [5, 5.41) is 35.1. The van der Waals surface area contributed by atoms with Gasteiger partial charge in [-0.05, 0) is 34.1 Å². The zero-order chi connectivity index (χ0) is 21.6. The molecule has 0 aromatic heterocycles. The van der Waals surface area contributed by atoms with Crippen LogP contribution in [0, 0.1) is 20.2 Å². The van der Waals surface area contributed by atoms with Crippen LogP contribution in [0.5, 0.6) is 17.2 Å². The van der Waals surface area contributed by atoms with Crippen LogP contribution in [0.4, 0.5) is 11.4 Å². The Morgan fingerprint density at radius 1 is 1.28 bits per heavy atom. The number of nitro benzene ring substituents is 2. The molecule has 0 saturated carbocycles. The monoisotopic (exact) mass is 468 g/mol. The van der Waals surface area contributed by atoms with Gasteiger partial charge in [0.25, 0.3) is 11.6 Å². The van der Waals surface area contributed by atoms with Gasteiger partial charge < -0.3 is 14.6 Å². The number of nitrogens with one attached hydrogen (secondary N) is 1. The maximum absolute atomic E-state index is 11.8. The molecule has 13 heteroatoms. The highest BCUT2D eigenvalue weighted by atomic mass is 79.9. The maximum Gasteiger partial charge on any atom is 0.318 e. The fourth-order valence-electron chi connectivity index (χ4n) is 2.04. The molecule has 0 spiro atoms. The van der Waals surface area contributed by atoms with Crippen LogP contribution in [0.1, 0.15) is 5.56 Å². The van der Waals surface area contributed by atoms with E-state index in [4.69, 9.17) is 9.47 Å². The van der Waals surface area contributed by atoms with Gasteiger partial charge in [0.15, 0.2) is 6.61 Å². The molecule has 0 bridgehead atoms. The van der Waals surface area contributed by atoms with E-state index in [1.807, 2.05) is 0 Å². The SMILES string of the molecule is COc1ccc(OCC(=O)N/N=C/c2cc([N+](=O)[O-])cc([N+](=O)[O-])c2O)c(Br)c1. The summed E-state index contributed by atoms with van der Waals surface area (Å²) in [5.41, 5.74) is 0.291. The van der Waals surface area contributed by atoms with E-state index in [0.29, 0.717) is 22.0 Å². The Morgan fingerprint density at radius 2 is 2.00 bits per heavy atom. The second-order valence-corrected chi connectivity index (χ2v) is 6.15. The molecular formula is C16H13BrN4O8. The van der Waals surface area contributed by atoms with Crippen molar-refractivity contribution in [2.45, 2.75) is 0 Å². The van der Waals surface area contributed by atoms with Gasteiger partial charge in [0.05, 0.1) is 39.3 Å². The highest BCUT2D eigenvalue weighted by Gasteiger charge is 2.23. The number of hydrogen-bond acceptors (Lipinski definition) is 9. The molecule has 2 rings (SSSR count). The van der Waals surface area contributed by atoms with Crippen molar-refractivity contribution in [3.8, 4) is 17.2 Å². The van der Waals surface area contributed by atoms with Crippen molar-refractivity contribution in [3.63, 3.8) is 0 Å². The number of methoxy groups -OCH3 is 1. The van der Waals surface area contributed by atoms with Crippen molar-refractivity contribution >= 4 is 39.4 Å². The molecule has 0 atom stereocenters. The number of nitrogens with zero attached hydrogens (tertiary/aromatic N) is 3. The van der Waals surface area contributed by atoms with Crippen molar-refractivity contribution in [3.05, 3.63) is 60.6 Å². The highest BCUT2D eigenvalue weighted by Crippen LogP contribution is 2.33. The average molecular weight is 469 g/mol. The lowest BCUT2D eigenvalue weighted by atomic mass is 10.1. The highest BCUT2D eigenvalue weighted by molar-refractivity contribution is 9.10. The van der Waals surface area contributed by atoms with Gasteiger partial charge in [0, 0.05) is 6.07 Å². The minimum atomic E-state index is -0.973. The molecule has 1 amide bonds. The lowest BCUT2D eigenvalue weighted by Gasteiger charge is -2.08. The number of nitro groups is 2. The largest absolute Gasteiger partial charge is 0.502 e. The standard InChI is InChI=1S/C16H13BrN4O8/c1-28-11-2-3-14(12(17)6-11)29-8-15(22)19-18-7-9-4-10(20(24)25)5-13(16(9)23)21(26)27/h2-7,23H,8H2,1H3,(H,19,22)/b18-7+. The molecule has 29 heavy (non-hydrogen) atoms. The van der Waals surface area contributed by atoms with Crippen LogP contribution in [-0.2, 0) is 4.79 Å². The molecule has 0 saturated heterocycles. The molecular weight excluding hydrogens is 456 g/mol. The third kappa shape index (κ3) is 5.62. The minimum absolute atomic E-state index is 0.315. The van der Waals surface area contributed by atoms with Crippen LogP contribution in [0.2, 0.25) is 0 Å². The van der Waals surface area contributed by atoms with E-state index in [-0.39, 0.29) is 5.56 Å². The summed E-state index contributed by atoms with van der Waals surface area (Å²) >= 11 is 3.26. The molecule has 2 N–H and O–H groups in total. The lowest BCUT2D eigenvalue weighted by Crippen LogP contribution is -2.24. The molecule has 0 aliphatic rings. The van der Waals surface area contributed by atoms with Crippen molar-refractivity contribution in [1.29, 1.82) is 0 Å².